The Bertz CT molecular complexity index is 630. The summed E-state index contributed by atoms with van der Waals surface area (Å²) < 4.78 is 13.5. The van der Waals surface area contributed by atoms with E-state index in [-0.39, 0.29) is 10.9 Å². The molecule has 1 heterocycles. The number of nitriles is 1. The second-order valence-corrected chi connectivity index (χ2v) is 4.86. The summed E-state index contributed by atoms with van der Waals surface area (Å²) in [6.45, 7) is 1.62. The molecule has 2 aromatic rings. The van der Waals surface area contributed by atoms with E-state index in [0.29, 0.717) is 26.7 Å². The van der Waals surface area contributed by atoms with Gasteiger partial charge in [-0.05, 0) is 24.6 Å². The average Bonchev–Trinajstić information content (AvgIpc) is 2.64. The molecule has 1 aromatic carbocycles. The molecule has 3 nitrogen and oxygen atoms in total. The van der Waals surface area contributed by atoms with E-state index in [2.05, 4.69) is 4.98 Å². The lowest BCUT2D eigenvalue weighted by molar-refractivity contribution is 0.619. The number of aromatic nitrogens is 1. The van der Waals surface area contributed by atoms with Crippen LogP contribution < -0.4 is 5.73 Å². The minimum absolute atomic E-state index is 0.258. The van der Waals surface area contributed by atoms with Crippen molar-refractivity contribution in [2.24, 2.45) is 0 Å². The third kappa shape index (κ3) is 2.09. The molecule has 0 amide bonds. The summed E-state index contributed by atoms with van der Waals surface area (Å²) in [6, 6.07) is 4.74. The third-order valence-corrected chi connectivity index (χ3v) is 3.35. The van der Waals surface area contributed by atoms with Gasteiger partial charge in [0, 0.05) is 5.56 Å². The summed E-state index contributed by atoms with van der Waals surface area (Å²) in [7, 11) is 0. The van der Waals surface area contributed by atoms with Crippen molar-refractivity contribution in [3.8, 4) is 17.3 Å². The first kappa shape index (κ1) is 11.8. The monoisotopic (exact) mass is 267 g/mol. The molecular formula is C11H7ClFN3S. The van der Waals surface area contributed by atoms with E-state index in [4.69, 9.17) is 22.6 Å². The predicted octanol–water partition coefficient (Wildman–Crippen LogP) is 3.36. The Hall–Kier alpha value is -1.64. The van der Waals surface area contributed by atoms with Crippen molar-refractivity contribution < 1.29 is 4.39 Å². The highest BCUT2D eigenvalue weighted by atomic mass is 35.5. The van der Waals surface area contributed by atoms with Gasteiger partial charge in [-0.2, -0.15) is 5.26 Å². The second-order valence-electron chi connectivity index (χ2n) is 3.42. The Kier molecular flexibility index (Phi) is 3.01. The molecule has 0 fully saturated rings. The predicted molar refractivity (Wildman–Crippen MR) is 66.4 cm³/mol. The molecule has 0 radical (unpaired) electrons. The van der Waals surface area contributed by atoms with Gasteiger partial charge in [-0.1, -0.05) is 22.9 Å². The first-order chi connectivity index (χ1) is 8.02. The average molecular weight is 268 g/mol. The Balaban J connectivity index is 2.69. The number of nitrogens with two attached hydrogens (primary N) is 1. The summed E-state index contributed by atoms with van der Waals surface area (Å²) in [5.41, 5.74) is 6.70. The fraction of sp³-hybridized carbons (Fsp3) is 0.0909. The molecule has 0 unspecified atom stereocenters. The lowest BCUT2D eigenvalue weighted by Gasteiger charge is -2.04. The topological polar surface area (TPSA) is 62.7 Å². The van der Waals surface area contributed by atoms with Crippen LogP contribution in [0.1, 0.15) is 10.4 Å². The van der Waals surface area contributed by atoms with Crippen molar-refractivity contribution in [1.29, 1.82) is 5.26 Å². The molecule has 6 heteroatoms. The minimum atomic E-state index is -0.389. The number of nitrogens with zero attached hydrogens (tertiary/aromatic N) is 2. The van der Waals surface area contributed by atoms with Gasteiger partial charge in [0.15, 0.2) is 5.13 Å². The van der Waals surface area contributed by atoms with E-state index in [1.54, 1.807) is 6.92 Å². The molecule has 0 spiro atoms. The van der Waals surface area contributed by atoms with Crippen LogP contribution in [0.4, 0.5) is 9.52 Å². The van der Waals surface area contributed by atoms with Gasteiger partial charge < -0.3 is 5.73 Å². The fourth-order valence-electron chi connectivity index (χ4n) is 1.42. The quantitative estimate of drug-likeness (QED) is 0.862. The third-order valence-electron chi connectivity index (χ3n) is 2.25. The number of rotatable bonds is 1. The normalized spacial score (nSPS) is 10.2. The maximum Gasteiger partial charge on any atom is 0.181 e. The molecule has 0 saturated heterocycles. The van der Waals surface area contributed by atoms with Crippen molar-refractivity contribution in [2.45, 2.75) is 6.92 Å². The van der Waals surface area contributed by atoms with Crippen LogP contribution in [0.15, 0.2) is 12.1 Å². The van der Waals surface area contributed by atoms with Crippen molar-refractivity contribution >= 4 is 28.1 Å². The second kappa shape index (κ2) is 4.32. The molecule has 17 heavy (non-hydrogen) atoms. The van der Waals surface area contributed by atoms with Gasteiger partial charge in [-0.25, -0.2) is 9.37 Å². The van der Waals surface area contributed by atoms with Crippen molar-refractivity contribution in [3.63, 3.8) is 0 Å². The van der Waals surface area contributed by atoms with Gasteiger partial charge in [-0.3, -0.25) is 0 Å². The molecule has 0 saturated carbocycles. The summed E-state index contributed by atoms with van der Waals surface area (Å²) in [5, 5.41) is 9.55. The van der Waals surface area contributed by atoms with Gasteiger partial charge in [0.2, 0.25) is 0 Å². The van der Waals surface area contributed by atoms with Gasteiger partial charge in [0.05, 0.1) is 5.02 Å². The largest absolute Gasteiger partial charge is 0.375 e. The number of hydrogen-bond acceptors (Lipinski definition) is 4. The van der Waals surface area contributed by atoms with Crippen LogP contribution >= 0.6 is 22.9 Å². The lowest BCUT2D eigenvalue weighted by Crippen LogP contribution is -1.89. The SMILES string of the molecule is Cc1cc(Cl)c(-c2nc(N)sc2C#N)cc1F. The maximum atomic E-state index is 13.5. The zero-order valence-corrected chi connectivity index (χ0v) is 10.4. The Morgan fingerprint density at radius 3 is 2.88 bits per heavy atom. The van der Waals surface area contributed by atoms with Crippen LogP contribution in [0.3, 0.4) is 0 Å². The summed E-state index contributed by atoms with van der Waals surface area (Å²) in [5.74, 6) is -0.389. The number of hydrogen-bond donors (Lipinski definition) is 1. The van der Waals surface area contributed by atoms with E-state index in [9.17, 15) is 4.39 Å². The number of aryl methyl sites for hydroxylation is 1. The number of halogens is 2. The standard InChI is InChI=1S/C11H7ClFN3S/c1-5-2-7(12)6(3-8(5)13)10-9(4-14)17-11(15)16-10/h2-3H,1H3,(H2,15,16). The van der Waals surface area contributed by atoms with Gasteiger partial charge in [-0.15, -0.1) is 0 Å². The molecule has 86 valence electrons. The number of nitrogen functional groups attached to an aromatic ring is 1. The van der Waals surface area contributed by atoms with Crippen LogP contribution in [0.2, 0.25) is 5.02 Å². The molecule has 0 atom stereocenters. The van der Waals surface area contributed by atoms with Gasteiger partial charge in [0.25, 0.3) is 0 Å². The van der Waals surface area contributed by atoms with Crippen molar-refractivity contribution in [2.75, 3.05) is 5.73 Å². The Morgan fingerprint density at radius 1 is 1.53 bits per heavy atom. The molecule has 2 rings (SSSR count). The zero-order chi connectivity index (χ0) is 12.6. The molecule has 0 bridgehead atoms. The molecule has 2 N–H and O–H groups in total. The molecule has 0 aliphatic carbocycles. The molecular weight excluding hydrogens is 261 g/mol. The summed E-state index contributed by atoms with van der Waals surface area (Å²) in [6.07, 6.45) is 0. The van der Waals surface area contributed by atoms with Gasteiger partial charge in [0.1, 0.15) is 22.5 Å². The lowest BCUT2D eigenvalue weighted by atomic mass is 10.1. The number of anilines is 1. The Morgan fingerprint density at radius 2 is 2.24 bits per heavy atom. The highest BCUT2D eigenvalue weighted by Gasteiger charge is 2.16. The van der Waals surface area contributed by atoms with E-state index in [0.717, 1.165) is 11.3 Å². The van der Waals surface area contributed by atoms with E-state index >= 15 is 0 Å². The van der Waals surface area contributed by atoms with Crippen LogP contribution in [0.5, 0.6) is 0 Å². The number of benzene rings is 1. The highest BCUT2D eigenvalue weighted by Crippen LogP contribution is 2.34. The van der Waals surface area contributed by atoms with Gasteiger partial charge >= 0.3 is 0 Å². The molecule has 0 aliphatic rings. The summed E-state index contributed by atoms with van der Waals surface area (Å²) in [4.78, 5) is 4.33. The van der Waals surface area contributed by atoms with E-state index in [1.165, 1.54) is 12.1 Å². The van der Waals surface area contributed by atoms with E-state index in [1.807, 2.05) is 6.07 Å². The van der Waals surface area contributed by atoms with Crippen molar-refractivity contribution in [3.05, 3.63) is 33.4 Å². The maximum absolute atomic E-state index is 13.5. The van der Waals surface area contributed by atoms with Crippen LogP contribution in [0.25, 0.3) is 11.3 Å². The first-order valence-corrected chi connectivity index (χ1v) is 5.84. The van der Waals surface area contributed by atoms with Crippen LogP contribution in [-0.4, -0.2) is 4.98 Å². The first-order valence-electron chi connectivity index (χ1n) is 4.65. The fourth-order valence-corrected chi connectivity index (χ4v) is 2.37. The zero-order valence-electron chi connectivity index (χ0n) is 8.79. The van der Waals surface area contributed by atoms with Crippen LogP contribution in [0, 0.1) is 24.1 Å². The molecule has 1 aromatic heterocycles. The van der Waals surface area contributed by atoms with Crippen LogP contribution in [-0.2, 0) is 0 Å². The Labute approximate surface area is 106 Å². The smallest absolute Gasteiger partial charge is 0.181 e. The van der Waals surface area contributed by atoms with E-state index < -0.39 is 0 Å². The minimum Gasteiger partial charge on any atom is -0.375 e. The highest BCUT2D eigenvalue weighted by molar-refractivity contribution is 7.16. The molecule has 0 aliphatic heterocycles. The van der Waals surface area contributed by atoms with Crippen molar-refractivity contribution in [1.82, 2.24) is 4.98 Å². The summed E-state index contributed by atoms with van der Waals surface area (Å²) >= 11 is 7.07. The number of thiazole rings is 1.